The molecule has 42 heavy (non-hydrogen) atoms. The number of benzene rings is 3. The summed E-state index contributed by atoms with van der Waals surface area (Å²) in [7, 11) is -3.84. The number of hydrogen-bond acceptors (Lipinski definition) is 4. The van der Waals surface area contributed by atoms with Gasteiger partial charge in [-0.3, -0.25) is 4.79 Å². The second-order valence-electron chi connectivity index (χ2n) is 11.2. The van der Waals surface area contributed by atoms with Crippen LogP contribution in [0.1, 0.15) is 57.1 Å². The summed E-state index contributed by atoms with van der Waals surface area (Å²) in [6, 6.07) is 18.0. The van der Waals surface area contributed by atoms with Gasteiger partial charge in [-0.25, -0.2) is 12.8 Å². The van der Waals surface area contributed by atoms with E-state index < -0.39 is 15.8 Å². The number of nitrogens with zero attached hydrogens (tertiary/aromatic N) is 1. The van der Waals surface area contributed by atoms with Crippen molar-refractivity contribution >= 4 is 44.8 Å². The topological polar surface area (TPSA) is 78.5 Å². The summed E-state index contributed by atoms with van der Waals surface area (Å²) in [6.45, 7) is 7.01. The van der Waals surface area contributed by atoms with Gasteiger partial charge in [-0.2, -0.15) is 4.31 Å². The molecule has 3 atom stereocenters. The highest BCUT2D eigenvalue weighted by Gasteiger charge is 2.38. The van der Waals surface area contributed by atoms with Crippen LogP contribution in [-0.2, 0) is 21.2 Å². The molecule has 0 aliphatic carbocycles. The highest BCUT2D eigenvalue weighted by Crippen LogP contribution is 2.32. The minimum Gasteiger partial charge on any atom is -0.326 e. The fraction of sp³-hybridized carbons (Fsp3) is 0.406. The number of amides is 1. The van der Waals surface area contributed by atoms with Crippen LogP contribution in [0.15, 0.2) is 71.6 Å². The van der Waals surface area contributed by atoms with E-state index in [0.717, 1.165) is 5.56 Å². The molecule has 0 aromatic heterocycles. The molecule has 1 aliphatic heterocycles. The lowest BCUT2D eigenvalue weighted by Gasteiger charge is -2.40. The summed E-state index contributed by atoms with van der Waals surface area (Å²) >= 11 is 12.3. The summed E-state index contributed by atoms with van der Waals surface area (Å²) < 4.78 is 43.9. The number of hydrogen-bond donors (Lipinski definition) is 2. The Bertz CT molecular complexity index is 1480. The van der Waals surface area contributed by atoms with Crippen LogP contribution >= 0.6 is 23.2 Å². The molecular weight excluding hydrogens is 596 g/mol. The van der Waals surface area contributed by atoms with Crippen molar-refractivity contribution in [1.29, 1.82) is 0 Å². The van der Waals surface area contributed by atoms with Crippen LogP contribution in [-0.4, -0.2) is 43.8 Å². The summed E-state index contributed by atoms with van der Waals surface area (Å²) in [4.78, 5) is 13.2. The number of sulfonamides is 1. The van der Waals surface area contributed by atoms with Crippen molar-refractivity contribution in [3.63, 3.8) is 0 Å². The molecule has 3 aromatic rings. The minimum absolute atomic E-state index is 0.0221. The van der Waals surface area contributed by atoms with E-state index in [9.17, 15) is 13.2 Å². The monoisotopic (exact) mass is 633 g/mol. The molecule has 226 valence electrons. The molecule has 10 heteroatoms. The largest absolute Gasteiger partial charge is 0.326 e. The molecule has 6 nitrogen and oxygen atoms in total. The normalized spacial score (nSPS) is 18.6. The molecular formula is C32H38Cl2FN3O3S. The van der Waals surface area contributed by atoms with Crippen LogP contribution < -0.4 is 10.6 Å². The second-order valence-corrected chi connectivity index (χ2v) is 13.9. The van der Waals surface area contributed by atoms with Gasteiger partial charge in [0.1, 0.15) is 10.7 Å². The Morgan fingerprint density at radius 1 is 1.05 bits per heavy atom. The Hall–Kier alpha value is -2.49. The lowest BCUT2D eigenvalue weighted by molar-refractivity contribution is -0.116. The number of carbonyl (C=O) groups excluding carboxylic acids is 1. The Kier molecular flexibility index (Phi) is 11.1. The molecule has 1 heterocycles. The van der Waals surface area contributed by atoms with Crippen LogP contribution in [0.3, 0.4) is 0 Å². The van der Waals surface area contributed by atoms with E-state index >= 15 is 4.39 Å². The number of rotatable bonds is 11. The van der Waals surface area contributed by atoms with Crippen molar-refractivity contribution in [2.24, 2.45) is 5.92 Å². The maximum Gasteiger partial charge on any atom is 0.245 e. The highest BCUT2D eigenvalue weighted by molar-refractivity contribution is 7.89. The Labute approximate surface area is 258 Å². The predicted octanol–water partition coefficient (Wildman–Crippen LogP) is 7.27. The van der Waals surface area contributed by atoms with Crippen molar-refractivity contribution < 1.29 is 17.6 Å². The van der Waals surface area contributed by atoms with Crippen molar-refractivity contribution in [2.45, 2.75) is 69.4 Å². The zero-order valence-corrected chi connectivity index (χ0v) is 26.4. The van der Waals surface area contributed by atoms with Crippen molar-refractivity contribution in [3.8, 4) is 0 Å². The van der Waals surface area contributed by atoms with E-state index in [0.29, 0.717) is 48.6 Å². The Morgan fingerprint density at radius 2 is 1.76 bits per heavy atom. The number of anilines is 1. The summed E-state index contributed by atoms with van der Waals surface area (Å²) in [6.07, 6.45) is 1.62. The van der Waals surface area contributed by atoms with Crippen molar-refractivity contribution in [1.82, 2.24) is 9.62 Å². The minimum atomic E-state index is -3.84. The summed E-state index contributed by atoms with van der Waals surface area (Å²) in [5, 5.41) is 7.07. The zero-order valence-electron chi connectivity index (χ0n) is 24.1. The molecule has 0 radical (unpaired) electrons. The van der Waals surface area contributed by atoms with Gasteiger partial charge in [-0.15, -0.1) is 0 Å². The van der Waals surface area contributed by atoms with Gasteiger partial charge in [0.05, 0.1) is 5.02 Å². The van der Waals surface area contributed by atoms with E-state index in [-0.39, 0.29) is 46.2 Å². The van der Waals surface area contributed by atoms with Crippen LogP contribution in [0, 0.1) is 11.7 Å². The SMILES string of the molecule is CC(C)C(CC(=O)Nc1cccc(F)c1CCCC1CNCC(C)N1S(=O)(=O)c1ccccc1Cl)c1ccc(Cl)cc1. The highest BCUT2D eigenvalue weighted by atomic mass is 35.5. The average molecular weight is 635 g/mol. The second kappa shape index (κ2) is 14.3. The zero-order chi connectivity index (χ0) is 30.4. The number of piperazine rings is 1. The van der Waals surface area contributed by atoms with Crippen molar-refractivity contribution in [3.05, 3.63) is 93.7 Å². The van der Waals surface area contributed by atoms with Gasteiger partial charge in [0, 0.05) is 47.9 Å². The van der Waals surface area contributed by atoms with Crippen LogP contribution in [0.25, 0.3) is 0 Å². The third-order valence-electron chi connectivity index (χ3n) is 7.87. The molecule has 0 saturated carbocycles. The van der Waals surface area contributed by atoms with E-state index in [4.69, 9.17) is 23.2 Å². The molecule has 1 fully saturated rings. The summed E-state index contributed by atoms with van der Waals surface area (Å²) in [5.41, 5.74) is 1.88. The lowest BCUT2D eigenvalue weighted by Crippen LogP contribution is -2.58. The van der Waals surface area contributed by atoms with Gasteiger partial charge in [0.25, 0.3) is 0 Å². The molecule has 0 spiro atoms. The van der Waals surface area contributed by atoms with Crippen LogP contribution in [0.4, 0.5) is 10.1 Å². The maximum absolute atomic E-state index is 15.1. The van der Waals surface area contributed by atoms with Gasteiger partial charge < -0.3 is 10.6 Å². The Morgan fingerprint density at radius 3 is 2.45 bits per heavy atom. The smallest absolute Gasteiger partial charge is 0.245 e. The third-order valence-corrected chi connectivity index (χ3v) is 10.7. The first-order valence-corrected chi connectivity index (χ1v) is 16.5. The molecule has 2 N–H and O–H groups in total. The molecule has 1 saturated heterocycles. The van der Waals surface area contributed by atoms with Gasteiger partial charge in [-0.05, 0) is 80.0 Å². The molecule has 3 unspecified atom stereocenters. The fourth-order valence-electron chi connectivity index (χ4n) is 5.72. The fourth-order valence-corrected chi connectivity index (χ4v) is 8.19. The van der Waals surface area contributed by atoms with Gasteiger partial charge >= 0.3 is 0 Å². The maximum atomic E-state index is 15.1. The van der Waals surface area contributed by atoms with Gasteiger partial charge in [-0.1, -0.05) is 67.4 Å². The van der Waals surface area contributed by atoms with E-state index in [1.54, 1.807) is 30.3 Å². The van der Waals surface area contributed by atoms with E-state index in [1.165, 1.54) is 16.4 Å². The first-order chi connectivity index (χ1) is 20.0. The first kappa shape index (κ1) is 32.4. The Balaban J connectivity index is 1.45. The number of nitrogens with one attached hydrogen (secondary N) is 2. The molecule has 4 rings (SSSR count). The van der Waals surface area contributed by atoms with Gasteiger partial charge in [0.15, 0.2) is 0 Å². The molecule has 1 amide bonds. The molecule has 3 aromatic carbocycles. The first-order valence-electron chi connectivity index (χ1n) is 14.3. The van der Waals surface area contributed by atoms with Crippen molar-refractivity contribution in [2.75, 3.05) is 18.4 Å². The lowest BCUT2D eigenvalue weighted by atomic mass is 9.85. The number of carbonyl (C=O) groups is 1. The third kappa shape index (κ3) is 7.71. The van der Waals surface area contributed by atoms with Gasteiger partial charge in [0.2, 0.25) is 15.9 Å². The molecule has 0 bridgehead atoms. The summed E-state index contributed by atoms with van der Waals surface area (Å²) in [5.74, 6) is -0.411. The van der Waals surface area contributed by atoms with Crippen LogP contribution in [0.5, 0.6) is 0 Å². The van der Waals surface area contributed by atoms with E-state index in [2.05, 4.69) is 24.5 Å². The van der Waals surface area contributed by atoms with E-state index in [1.807, 2.05) is 31.2 Å². The number of halogens is 3. The predicted molar refractivity (Wildman–Crippen MR) is 168 cm³/mol. The van der Waals surface area contributed by atoms with Crippen LogP contribution in [0.2, 0.25) is 10.0 Å². The standard InChI is InChI=1S/C32H38Cl2FN3O3S/c1-21(2)27(23-14-16-24(33)17-15-23)18-32(39)37-30-12-7-11-29(35)26(30)9-6-8-25-20-36-19-22(3)38(25)42(40,41)31-13-5-4-10-28(31)34/h4-5,7,10-17,21-22,25,27,36H,6,8-9,18-20H2,1-3H3,(H,37,39). The quantitative estimate of drug-likeness (QED) is 0.233. The average Bonchev–Trinajstić information content (AvgIpc) is 2.93. The molecule has 1 aliphatic rings.